The Labute approximate surface area is 121 Å². The van der Waals surface area contributed by atoms with Crippen LogP contribution in [0.25, 0.3) is 10.9 Å². The molecule has 0 aliphatic rings. The summed E-state index contributed by atoms with van der Waals surface area (Å²) in [6.45, 7) is 8.88. The third-order valence-electron chi connectivity index (χ3n) is 3.75. The number of nitrogens with zero attached hydrogens (tertiary/aromatic N) is 2. The molecule has 1 heterocycles. The van der Waals surface area contributed by atoms with Gasteiger partial charge in [0.1, 0.15) is 0 Å². The topological polar surface area (TPSA) is 40.8 Å². The summed E-state index contributed by atoms with van der Waals surface area (Å²) in [6.07, 6.45) is 3.00. The van der Waals surface area contributed by atoms with E-state index >= 15 is 0 Å². The molecule has 0 amide bonds. The minimum Gasteiger partial charge on any atom is -0.347 e. The molecule has 0 spiro atoms. The maximum absolute atomic E-state index is 9.11. The van der Waals surface area contributed by atoms with E-state index in [0.29, 0.717) is 0 Å². The average Bonchev–Trinajstić information content (AvgIpc) is 2.87. The highest BCUT2D eigenvalue weighted by molar-refractivity contribution is 5.83. The van der Waals surface area contributed by atoms with Gasteiger partial charge in [-0.05, 0) is 44.5 Å². The van der Waals surface area contributed by atoms with E-state index in [1.54, 1.807) is 0 Å². The molecule has 3 nitrogen and oxygen atoms in total. The fourth-order valence-electron chi connectivity index (χ4n) is 2.35. The quantitative estimate of drug-likeness (QED) is 0.869. The number of nitriles is 1. The van der Waals surface area contributed by atoms with E-state index in [2.05, 4.69) is 53.3 Å². The van der Waals surface area contributed by atoms with Crippen molar-refractivity contribution < 1.29 is 0 Å². The third kappa shape index (κ3) is 3.20. The highest BCUT2D eigenvalue weighted by atomic mass is 15.0. The predicted molar refractivity (Wildman–Crippen MR) is 83.3 cm³/mol. The summed E-state index contributed by atoms with van der Waals surface area (Å²) >= 11 is 0. The van der Waals surface area contributed by atoms with Crippen LogP contribution in [0.3, 0.4) is 0 Å². The Kier molecular flexibility index (Phi) is 4.46. The standard InChI is InChI=1S/C17H23N3/c1-4-19-12-14-6-5-7-16-15(14)8-10-20(16)11-9-17(2,3)13-18/h5-8,10,19H,4,9,11-12H2,1-3H3. The summed E-state index contributed by atoms with van der Waals surface area (Å²) in [4.78, 5) is 0. The minimum absolute atomic E-state index is 0.266. The number of aromatic nitrogens is 1. The fraction of sp³-hybridized carbons (Fsp3) is 0.471. The summed E-state index contributed by atoms with van der Waals surface area (Å²) < 4.78 is 2.25. The zero-order chi connectivity index (χ0) is 14.6. The molecule has 2 aromatic rings. The lowest BCUT2D eigenvalue weighted by atomic mass is 9.91. The Morgan fingerprint density at radius 3 is 2.80 bits per heavy atom. The van der Waals surface area contributed by atoms with Gasteiger partial charge in [-0.15, -0.1) is 0 Å². The van der Waals surface area contributed by atoms with Crippen LogP contribution >= 0.6 is 0 Å². The van der Waals surface area contributed by atoms with Gasteiger partial charge in [-0.25, -0.2) is 0 Å². The molecule has 106 valence electrons. The second kappa shape index (κ2) is 6.11. The van der Waals surface area contributed by atoms with Gasteiger partial charge in [0.15, 0.2) is 0 Å². The van der Waals surface area contributed by atoms with E-state index in [1.807, 2.05) is 13.8 Å². The summed E-state index contributed by atoms with van der Waals surface area (Å²) in [6, 6.07) is 11.0. The van der Waals surface area contributed by atoms with Crippen molar-refractivity contribution in [3.63, 3.8) is 0 Å². The zero-order valence-electron chi connectivity index (χ0n) is 12.6. The first-order valence-corrected chi connectivity index (χ1v) is 7.26. The van der Waals surface area contributed by atoms with Crippen LogP contribution in [0.15, 0.2) is 30.5 Å². The average molecular weight is 269 g/mol. The molecule has 20 heavy (non-hydrogen) atoms. The molecule has 0 saturated carbocycles. The van der Waals surface area contributed by atoms with Crippen molar-refractivity contribution in [2.75, 3.05) is 6.54 Å². The van der Waals surface area contributed by atoms with Crippen LogP contribution < -0.4 is 5.32 Å². The first-order chi connectivity index (χ1) is 9.57. The van der Waals surface area contributed by atoms with Crippen molar-refractivity contribution in [2.24, 2.45) is 5.41 Å². The van der Waals surface area contributed by atoms with Gasteiger partial charge in [-0.3, -0.25) is 0 Å². The smallest absolute Gasteiger partial charge is 0.0684 e. The fourth-order valence-corrected chi connectivity index (χ4v) is 2.35. The zero-order valence-corrected chi connectivity index (χ0v) is 12.6. The van der Waals surface area contributed by atoms with E-state index in [0.717, 1.165) is 26.1 Å². The first-order valence-electron chi connectivity index (χ1n) is 7.26. The summed E-state index contributed by atoms with van der Waals surface area (Å²) in [7, 11) is 0. The van der Waals surface area contributed by atoms with Gasteiger partial charge in [-0.1, -0.05) is 19.1 Å². The van der Waals surface area contributed by atoms with Gasteiger partial charge in [0.2, 0.25) is 0 Å². The summed E-state index contributed by atoms with van der Waals surface area (Å²) in [5.41, 5.74) is 2.33. The number of fused-ring (bicyclic) bond motifs is 1. The normalized spacial score (nSPS) is 11.7. The Morgan fingerprint density at radius 1 is 1.30 bits per heavy atom. The second-order valence-corrected chi connectivity index (χ2v) is 5.89. The summed E-state index contributed by atoms with van der Waals surface area (Å²) in [5.74, 6) is 0. The highest BCUT2D eigenvalue weighted by Gasteiger charge is 2.16. The molecule has 0 radical (unpaired) electrons. The lowest BCUT2D eigenvalue weighted by Crippen LogP contribution is -2.12. The number of benzene rings is 1. The largest absolute Gasteiger partial charge is 0.347 e. The SMILES string of the molecule is CCNCc1cccc2c1ccn2CCC(C)(C)C#N. The molecule has 3 heteroatoms. The van der Waals surface area contributed by atoms with Gasteiger partial charge >= 0.3 is 0 Å². The molecule has 2 rings (SSSR count). The molecular formula is C17H23N3. The third-order valence-corrected chi connectivity index (χ3v) is 3.75. The van der Waals surface area contributed by atoms with Crippen LogP contribution in [0, 0.1) is 16.7 Å². The monoisotopic (exact) mass is 269 g/mol. The van der Waals surface area contributed by atoms with Crippen molar-refractivity contribution in [3.8, 4) is 6.07 Å². The van der Waals surface area contributed by atoms with Crippen molar-refractivity contribution >= 4 is 10.9 Å². The number of nitrogens with one attached hydrogen (secondary N) is 1. The van der Waals surface area contributed by atoms with Gasteiger partial charge < -0.3 is 9.88 Å². The molecule has 0 bridgehead atoms. The Morgan fingerprint density at radius 2 is 2.10 bits per heavy atom. The Balaban J connectivity index is 2.22. The maximum atomic E-state index is 9.11. The predicted octanol–water partition coefficient (Wildman–Crippen LogP) is 3.69. The van der Waals surface area contributed by atoms with Crippen molar-refractivity contribution in [2.45, 2.75) is 40.3 Å². The number of rotatable bonds is 6. The summed E-state index contributed by atoms with van der Waals surface area (Å²) in [5, 5.41) is 13.8. The molecule has 0 fully saturated rings. The lowest BCUT2D eigenvalue weighted by Gasteiger charge is -2.16. The van der Waals surface area contributed by atoms with Crippen molar-refractivity contribution in [1.82, 2.24) is 9.88 Å². The van der Waals surface area contributed by atoms with Crippen LogP contribution in [-0.2, 0) is 13.1 Å². The Hall–Kier alpha value is -1.79. The van der Waals surface area contributed by atoms with E-state index in [4.69, 9.17) is 5.26 Å². The van der Waals surface area contributed by atoms with Gasteiger partial charge in [0.25, 0.3) is 0 Å². The minimum atomic E-state index is -0.266. The van der Waals surface area contributed by atoms with E-state index in [1.165, 1.54) is 16.5 Å². The number of hydrogen-bond donors (Lipinski definition) is 1. The lowest BCUT2D eigenvalue weighted by molar-refractivity contribution is 0.417. The molecule has 1 aromatic heterocycles. The van der Waals surface area contributed by atoms with Crippen LogP contribution in [0.5, 0.6) is 0 Å². The Bertz CT molecular complexity index is 617. The number of aryl methyl sites for hydroxylation is 1. The van der Waals surface area contributed by atoms with E-state index in [-0.39, 0.29) is 5.41 Å². The van der Waals surface area contributed by atoms with Crippen molar-refractivity contribution in [3.05, 3.63) is 36.0 Å². The van der Waals surface area contributed by atoms with Crippen LogP contribution in [0.2, 0.25) is 0 Å². The maximum Gasteiger partial charge on any atom is 0.0684 e. The van der Waals surface area contributed by atoms with Gasteiger partial charge in [0, 0.05) is 30.2 Å². The van der Waals surface area contributed by atoms with E-state index in [9.17, 15) is 0 Å². The molecule has 0 aliphatic heterocycles. The molecule has 1 aromatic carbocycles. The molecule has 0 saturated heterocycles. The van der Waals surface area contributed by atoms with Crippen molar-refractivity contribution in [1.29, 1.82) is 5.26 Å². The van der Waals surface area contributed by atoms with Crippen LogP contribution in [0.1, 0.15) is 32.8 Å². The van der Waals surface area contributed by atoms with Crippen LogP contribution in [-0.4, -0.2) is 11.1 Å². The number of hydrogen-bond acceptors (Lipinski definition) is 2. The molecule has 0 atom stereocenters. The molecular weight excluding hydrogens is 246 g/mol. The van der Waals surface area contributed by atoms with Gasteiger partial charge in [-0.2, -0.15) is 5.26 Å². The first kappa shape index (κ1) is 14.6. The molecule has 1 N–H and O–H groups in total. The highest BCUT2D eigenvalue weighted by Crippen LogP contribution is 2.24. The van der Waals surface area contributed by atoms with E-state index < -0.39 is 0 Å². The molecule has 0 unspecified atom stereocenters. The van der Waals surface area contributed by atoms with Crippen LogP contribution in [0.4, 0.5) is 0 Å². The second-order valence-electron chi connectivity index (χ2n) is 5.89. The molecule has 0 aliphatic carbocycles. The van der Waals surface area contributed by atoms with Gasteiger partial charge in [0.05, 0.1) is 11.5 Å².